The standard InChI is InChI=1S/C13H6ClF3N2/c14-7-3-4-10-9(6-7)11(13(15,16)17)8-2-1-5-18-12(8)19-10/h1-6H. The van der Waals surface area contributed by atoms with Gasteiger partial charge in [-0.05, 0) is 30.3 Å². The van der Waals surface area contributed by atoms with E-state index in [2.05, 4.69) is 9.97 Å². The van der Waals surface area contributed by atoms with E-state index >= 15 is 0 Å². The van der Waals surface area contributed by atoms with Gasteiger partial charge in [0.05, 0.1) is 11.1 Å². The number of halogens is 4. The summed E-state index contributed by atoms with van der Waals surface area (Å²) in [6.07, 6.45) is -3.08. The Hall–Kier alpha value is -1.88. The Bertz CT molecular complexity index is 784. The van der Waals surface area contributed by atoms with Crippen LogP contribution in [0.3, 0.4) is 0 Å². The molecule has 0 N–H and O–H groups in total. The Morgan fingerprint density at radius 3 is 2.58 bits per heavy atom. The molecule has 0 saturated heterocycles. The average molecular weight is 283 g/mol. The van der Waals surface area contributed by atoms with Gasteiger partial charge in [-0.2, -0.15) is 13.2 Å². The van der Waals surface area contributed by atoms with Gasteiger partial charge < -0.3 is 0 Å². The molecular formula is C13H6ClF3N2. The van der Waals surface area contributed by atoms with E-state index in [9.17, 15) is 13.2 Å². The number of hydrogen-bond acceptors (Lipinski definition) is 2. The van der Waals surface area contributed by atoms with Crippen LogP contribution >= 0.6 is 11.6 Å². The van der Waals surface area contributed by atoms with Crippen molar-refractivity contribution in [3.63, 3.8) is 0 Å². The van der Waals surface area contributed by atoms with E-state index in [0.717, 1.165) is 0 Å². The maximum absolute atomic E-state index is 13.3. The summed E-state index contributed by atoms with van der Waals surface area (Å²) in [5, 5.41) is 0.202. The van der Waals surface area contributed by atoms with Crippen LogP contribution in [0.1, 0.15) is 5.56 Å². The molecule has 0 fully saturated rings. The zero-order valence-corrected chi connectivity index (χ0v) is 10.1. The molecule has 2 heterocycles. The lowest BCUT2D eigenvalue weighted by Crippen LogP contribution is -2.08. The first kappa shape index (κ1) is 12.2. The monoisotopic (exact) mass is 282 g/mol. The molecule has 0 aliphatic heterocycles. The fraction of sp³-hybridized carbons (Fsp3) is 0.0769. The molecule has 0 unspecified atom stereocenters. The molecule has 3 aromatic rings. The molecule has 2 nitrogen and oxygen atoms in total. The molecule has 0 radical (unpaired) electrons. The Morgan fingerprint density at radius 2 is 1.84 bits per heavy atom. The van der Waals surface area contributed by atoms with Gasteiger partial charge in [-0.25, -0.2) is 9.97 Å². The highest BCUT2D eigenvalue weighted by Crippen LogP contribution is 2.39. The summed E-state index contributed by atoms with van der Waals surface area (Å²) >= 11 is 5.78. The van der Waals surface area contributed by atoms with Crippen molar-refractivity contribution in [3.8, 4) is 0 Å². The number of alkyl halides is 3. The third-order valence-electron chi connectivity index (χ3n) is 2.79. The Labute approximate surface area is 110 Å². The van der Waals surface area contributed by atoms with Crippen LogP contribution in [0.5, 0.6) is 0 Å². The van der Waals surface area contributed by atoms with Crippen LogP contribution < -0.4 is 0 Å². The molecule has 96 valence electrons. The first-order valence-corrected chi connectivity index (χ1v) is 5.76. The van der Waals surface area contributed by atoms with Crippen LogP contribution in [0.25, 0.3) is 21.9 Å². The lowest BCUT2D eigenvalue weighted by molar-refractivity contribution is -0.135. The maximum atomic E-state index is 13.3. The quantitative estimate of drug-likeness (QED) is 0.569. The van der Waals surface area contributed by atoms with Crippen molar-refractivity contribution < 1.29 is 13.2 Å². The van der Waals surface area contributed by atoms with Crippen molar-refractivity contribution in [2.45, 2.75) is 6.18 Å². The maximum Gasteiger partial charge on any atom is 0.417 e. The van der Waals surface area contributed by atoms with Crippen LogP contribution in [0, 0.1) is 0 Å². The highest BCUT2D eigenvalue weighted by Gasteiger charge is 2.35. The van der Waals surface area contributed by atoms with Gasteiger partial charge in [-0.15, -0.1) is 0 Å². The van der Waals surface area contributed by atoms with E-state index in [1.54, 1.807) is 0 Å². The predicted molar refractivity (Wildman–Crippen MR) is 67.1 cm³/mol. The zero-order valence-electron chi connectivity index (χ0n) is 9.37. The van der Waals surface area contributed by atoms with Crippen molar-refractivity contribution in [1.82, 2.24) is 9.97 Å². The van der Waals surface area contributed by atoms with Crippen molar-refractivity contribution in [2.75, 3.05) is 0 Å². The molecule has 2 aromatic heterocycles. The Kier molecular flexibility index (Phi) is 2.60. The molecule has 1 aromatic carbocycles. The van der Waals surface area contributed by atoms with Gasteiger partial charge in [0.1, 0.15) is 0 Å². The normalized spacial score (nSPS) is 12.2. The Balaban J connectivity index is 2.58. The molecule has 0 spiro atoms. The number of fused-ring (bicyclic) bond motifs is 2. The topological polar surface area (TPSA) is 25.8 Å². The molecule has 0 bridgehead atoms. The van der Waals surface area contributed by atoms with Crippen LogP contribution in [0.4, 0.5) is 13.2 Å². The number of aromatic nitrogens is 2. The number of benzene rings is 1. The summed E-state index contributed by atoms with van der Waals surface area (Å²) in [4.78, 5) is 8.01. The minimum atomic E-state index is -4.49. The molecule has 0 atom stereocenters. The first-order valence-electron chi connectivity index (χ1n) is 5.38. The molecule has 3 rings (SSSR count). The van der Waals surface area contributed by atoms with Gasteiger partial charge in [0.15, 0.2) is 5.65 Å². The summed E-state index contributed by atoms with van der Waals surface area (Å²) in [5.74, 6) is 0. The predicted octanol–water partition coefficient (Wildman–Crippen LogP) is 4.46. The SMILES string of the molecule is FC(F)(F)c1c2cc(Cl)ccc2nc2ncccc12. The van der Waals surface area contributed by atoms with Gasteiger partial charge in [-0.1, -0.05) is 11.6 Å². The van der Waals surface area contributed by atoms with E-state index in [0.29, 0.717) is 0 Å². The highest BCUT2D eigenvalue weighted by atomic mass is 35.5. The van der Waals surface area contributed by atoms with Crippen LogP contribution in [0.2, 0.25) is 5.02 Å². The minimum absolute atomic E-state index is 0.0134. The van der Waals surface area contributed by atoms with Gasteiger partial charge in [0, 0.05) is 22.0 Å². The lowest BCUT2D eigenvalue weighted by atomic mass is 10.0. The minimum Gasteiger partial charge on any atom is -0.237 e. The van der Waals surface area contributed by atoms with Crippen molar-refractivity contribution in [3.05, 3.63) is 47.1 Å². The smallest absolute Gasteiger partial charge is 0.237 e. The van der Waals surface area contributed by atoms with Crippen molar-refractivity contribution in [1.29, 1.82) is 0 Å². The third-order valence-corrected chi connectivity index (χ3v) is 3.03. The number of rotatable bonds is 0. The fourth-order valence-corrected chi connectivity index (χ4v) is 2.22. The van der Waals surface area contributed by atoms with E-state index in [1.807, 2.05) is 0 Å². The first-order chi connectivity index (χ1) is 8.97. The number of nitrogens with zero attached hydrogens (tertiary/aromatic N) is 2. The van der Waals surface area contributed by atoms with E-state index in [-0.39, 0.29) is 27.0 Å². The van der Waals surface area contributed by atoms with Crippen molar-refractivity contribution >= 4 is 33.5 Å². The summed E-state index contributed by atoms with van der Waals surface area (Å²) in [5.41, 5.74) is -0.448. The second-order valence-corrected chi connectivity index (χ2v) is 4.46. The summed E-state index contributed by atoms with van der Waals surface area (Å²) in [6.45, 7) is 0. The summed E-state index contributed by atoms with van der Waals surface area (Å²) < 4.78 is 39.8. The lowest BCUT2D eigenvalue weighted by Gasteiger charge is -2.13. The molecular weight excluding hydrogens is 277 g/mol. The molecule has 0 saturated carbocycles. The van der Waals surface area contributed by atoms with Crippen LogP contribution in [-0.4, -0.2) is 9.97 Å². The molecule has 0 aliphatic rings. The van der Waals surface area contributed by atoms with Gasteiger partial charge in [0.2, 0.25) is 0 Å². The van der Waals surface area contributed by atoms with E-state index in [1.165, 1.54) is 36.5 Å². The second kappa shape index (κ2) is 4.06. The summed E-state index contributed by atoms with van der Waals surface area (Å²) in [6, 6.07) is 7.06. The molecule has 0 amide bonds. The van der Waals surface area contributed by atoms with Crippen molar-refractivity contribution in [2.24, 2.45) is 0 Å². The fourth-order valence-electron chi connectivity index (χ4n) is 2.05. The zero-order chi connectivity index (χ0) is 13.6. The van der Waals surface area contributed by atoms with E-state index in [4.69, 9.17) is 11.6 Å². The number of hydrogen-bond donors (Lipinski definition) is 0. The molecule has 0 aliphatic carbocycles. The van der Waals surface area contributed by atoms with Gasteiger partial charge >= 0.3 is 6.18 Å². The van der Waals surface area contributed by atoms with Gasteiger partial charge in [-0.3, -0.25) is 0 Å². The summed E-state index contributed by atoms with van der Waals surface area (Å²) in [7, 11) is 0. The highest BCUT2D eigenvalue weighted by molar-refractivity contribution is 6.31. The Morgan fingerprint density at radius 1 is 1.05 bits per heavy atom. The average Bonchev–Trinajstić information content (AvgIpc) is 2.34. The molecule has 6 heteroatoms. The third kappa shape index (κ3) is 2.00. The second-order valence-electron chi connectivity index (χ2n) is 4.02. The van der Waals surface area contributed by atoms with Gasteiger partial charge in [0.25, 0.3) is 0 Å². The van der Waals surface area contributed by atoms with E-state index < -0.39 is 11.7 Å². The number of pyridine rings is 2. The molecule has 19 heavy (non-hydrogen) atoms. The van der Waals surface area contributed by atoms with Crippen LogP contribution in [0.15, 0.2) is 36.5 Å². The largest absolute Gasteiger partial charge is 0.417 e. The van der Waals surface area contributed by atoms with Crippen LogP contribution in [-0.2, 0) is 6.18 Å².